The number of rotatable bonds is 4. The first-order chi connectivity index (χ1) is 7.79. The summed E-state index contributed by atoms with van der Waals surface area (Å²) in [5.74, 6) is 0. The summed E-state index contributed by atoms with van der Waals surface area (Å²) in [7, 11) is 1.88. The summed E-state index contributed by atoms with van der Waals surface area (Å²) >= 11 is 0. The molecule has 0 aliphatic carbocycles. The van der Waals surface area contributed by atoms with Crippen LogP contribution < -0.4 is 5.32 Å². The van der Waals surface area contributed by atoms with E-state index in [9.17, 15) is 0 Å². The van der Waals surface area contributed by atoms with Gasteiger partial charge in [-0.25, -0.2) is 0 Å². The van der Waals surface area contributed by atoms with Gasteiger partial charge >= 0.3 is 0 Å². The van der Waals surface area contributed by atoms with E-state index in [0.29, 0.717) is 6.54 Å². The van der Waals surface area contributed by atoms with E-state index in [1.54, 1.807) is 23.1 Å². The van der Waals surface area contributed by atoms with Gasteiger partial charge in [0.2, 0.25) is 0 Å². The van der Waals surface area contributed by atoms with Crippen LogP contribution in [-0.4, -0.2) is 19.9 Å². The van der Waals surface area contributed by atoms with Gasteiger partial charge in [-0.2, -0.15) is 5.10 Å². The first kappa shape index (κ1) is 10.6. The van der Waals surface area contributed by atoms with Crippen LogP contribution in [0.2, 0.25) is 0 Å². The average Bonchev–Trinajstić information content (AvgIpc) is 2.73. The van der Waals surface area contributed by atoms with Crippen LogP contribution in [0.5, 0.6) is 0 Å². The lowest BCUT2D eigenvalue weighted by Gasteiger charge is -2.07. The smallest absolute Gasteiger partial charge is 0.0815 e. The Morgan fingerprint density at radius 3 is 3.00 bits per heavy atom. The van der Waals surface area contributed by atoms with E-state index >= 15 is 0 Å². The molecule has 0 radical (unpaired) electrons. The topological polar surface area (TPSA) is 63.0 Å². The lowest BCUT2D eigenvalue weighted by atomic mass is 10.2. The average molecular weight is 218 g/mol. The number of aryl methyl sites for hydroxylation is 1. The van der Waals surface area contributed by atoms with E-state index in [2.05, 4.69) is 15.4 Å². The van der Waals surface area contributed by atoms with E-state index in [4.69, 9.17) is 5.11 Å². The van der Waals surface area contributed by atoms with Crippen molar-refractivity contribution in [1.82, 2.24) is 14.8 Å². The van der Waals surface area contributed by atoms with Gasteiger partial charge < -0.3 is 10.4 Å². The van der Waals surface area contributed by atoms with E-state index in [-0.39, 0.29) is 6.61 Å². The number of hydrogen-bond acceptors (Lipinski definition) is 4. The Balaban J connectivity index is 2.04. The first-order valence-corrected chi connectivity index (χ1v) is 5.05. The van der Waals surface area contributed by atoms with Crippen LogP contribution in [0.15, 0.2) is 30.7 Å². The van der Waals surface area contributed by atoms with E-state index < -0.39 is 0 Å². The van der Waals surface area contributed by atoms with Crippen molar-refractivity contribution >= 4 is 5.69 Å². The maximum absolute atomic E-state index is 9.13. The molecule has 2 aromatic heterocycles. The highest BCUT2D eigenvalue weighted by Gasteiger charge is 2.01. The number of aromatic nitrogens is 3. The fourth-order valence-corrected chi connectivity index (χ4v) is 1.46. The Bertz CT molecular complexity index is 467. The maximum Gasteiger partial charge on any atom is 0.0815 e. The summed E-state index contributed by atoms with van der Waals surface area (Å²) in [5.41, 5.74) is 2.64. The molecule has 84 valence electrons. The van der Waals surface area contributed by atoms with Gasteiger partial charge in [-0.1, -0.05) is 0 Å². The number of nitrogens with zero attached hydrogens (tertiary/aromatic N) is 3. The fraction of sp³-hybridized carbons (Fsp3) is 0.273. The van der Waals surface area contributed by atoms with Crippen molar-refractivity contribution in [3.05, 3.63) is 42.0 Å². The van der Waals surface area contributed by atoms with Crippen molar-refractivity contribution in [3.63, 3.8) is 0 Å². The molecule has 5 heteroatoms. The predicted molar refractivity (Wildman–Crippen MR) is 60.7 cm³/mol. The Morgan fingerprint density at radius 1 is 1.44 bits per heavy atom. The van der Waals surface area contributed by atoms with Crippen LogP contribution in [0.1, 0.15) is 11.3 Å². The third-order valence-corrected chi connectivity index (χ3v) is 2.31. The van der Waals surface area contributed by atoms with Gasteiger partial charge in [-0.15, -0.1) is 0 Å². The third kappa shape index (κ3) is 2.38. The second-order valence-corrected chi connectivity index (χ2v) is 3.53. The molecule has 0 aromatic carbocycles. The molecule has 0 bridgehead atoms. The molecule has 16 heavy (non-hydrogen) atoms. The normalized spacial score (nSPS) is 10.4. The zero-order valence-corrected chi connectivity index (χ0v) is 9.09. The Morgan fingerprint density at radius 2 is 2.31 bits per heavy atom. The number of aliphatic hydroxyl groups is 1. The number of aliphatic hydroxyl groups excluding tert-OH is 1. The molecule has 0 saturated carbocycles. The number of nitrogens with one attached hydrogen (secondary N) is 1. The summed E-state index contributed by atoms with van der Waals surface area (Å²) in [6.45, 7) is 0.632. The number of pyridine rings is 1. The summed E-state index contributed by atoms with van der Waals surface area (Å²) < 4.78 is 1.76. The zero-order chi connectivity index (χ0) is 11.4. The van der Waals surface area contributed by atoms with Gasteiger partial charge in [0.1, 0.15) is 0 Å². The maximum atomic E-state index is 9.13. The van der Waals surface area contributed by atoms with Crippen LogP contribution in [0.25, 0.3) is 0 Å². The van der Waals surface area contributed by atoms with Crippen LogP contribution in [-0.2, 0) is 20.2 Å². The molecule has 2 N–H and O–H groups in total. The van der Waals surface area contributed by atoms with E-state index in [1.165, 1.54) is 0 Å². The van der Waals surface area contributed by atoms with Crippen LogP contribution >= 0.6 is 0 Å². The monoisotopic (exact) mass is 218 g/mol. The highest BCUT2D eigenvalue weighted by molar-refractivity contribution is 5.48. The minimum Gasteiger partial charge on any atom is -0.392 e. The highest BCUT2D eigenvalue weighted by atomic mass is 16.3. The summed E-state index contributed by atoms with van der Waals surface area (Å²) in [4.78, 5) is 4.01. The SMILES string of the molecule is Cn1ccc(CNc2cnccc2CO)n1. The highest BCUT2D eigenvalue weighted by Crippen LogP contribution is 2.13. The van der Waals surface area contributed by atoms with Gasteiger partial charge in [0.25, 0.3) is 0 Å². The Labute approximate surface area is 93.8 Å². The minimum absolute atomic E-state index is 0.00702. The number of anilines is 1. The first-order valence-electron chi connectivity index (χ1n) is 5.05. The molecule has 0 aliphatic heterocycles. The lowest BCUT2D eigenvalue weighted by molar-refractivity contribution is 0.282. The van der Waals surface area contributed by atoms with Crippen molar-refractivity contribution < 1.29 is 5.11 Å². The van der Waals surface area contributed by atoms with Crippen molar-refractivity contribution in [1.29, 1.82) is 0 Å². The molecule has 5 nitrogen and oxygen atoms in total. The lowest BCUT2D eigenvalue weighted by Crippen LogP contribution is -2.04. The van der Waals surface area contributed by atoms with Crippen molar-refractivity contribution in [2.45, 2.75) is 13.2 Å². The summed E-state index contributed by atoms with van der Waals surface area (Å²) in [6, 6.07) is 3.74. The Hall–Kier alpha value is -1.88. The molecule has 2 aromatic rings. The van der Waals surface area contributed by atoms with Crippen LogP contribution in [0, 0.1) is 0 Å². The van der Waals surface area contributed by atoms with Crippen LogP contribution in [0.4, 0.5) is 5.69 Å². The van der Waals surface area contributed by atoms with E-state index in [1.807, 2.05) is 19.3 Å². The molecular weight excluding hydrogens is 204 g/mol. The van der Waals surface area contributed by atoms with Gasteiger partial charge in [0, 0.05) is 25.0 Å². The third-order valence-electron chi connectivity index (χ3n) is 2.31. The van der Waals surface area contributed by atoms with Crippen LogP contribution in [0.3, 0.4) is 0 Å². The number of hydrogen-bond donors (Lipinski definition) is 2. The Kier molecular flexibility index (Phi) is 3.16. The molecule has 0 unspecified atom stereocenters. The van der Waals surface area contributed by atoms with Gasteiger partial charge in [0.15, 0.2) is 0 Å². The van der Waals surface area contributed by atoms with Crippen molar-refractivity contribution in [2.24, 2.45) is 7.05 Å². The zero-order valence-electron chi connectivity index (χ0n) is 9.09. The van der Waals surface area contributed by atoms with Gasteiger partial charge in [-0.3, -0.25) is 9.67 Å². The second-order valence-electron chi connectivity index (χ2n) is 3.53. The standard InChI is InChI=1S/C11H14N4O/c1-15-5-3-10(14-15)6-13-11-7-12-4-2-9(11)8-16/h2-5,7,13,16H,6,8H2,1H3. The quantitative estimate of drug-likeness (QED) is 0.801. The van der Waals surface area contributed by atoms with Gasteiger partial charge in [-0.05, 0) is 12.1 Å². The summed E-state index contributed by atoms with van der Waals surface area (Å²) in [5, 5.41) is 16.6. The van der Waals surface area contributed by atoms with Crippen molar-refractivity contribution in [2.75, 3.05) is 5.32 Å². The minimum atomic E-state index is 0.00702. The molecule has 2 heterocycles. The summed E-state index contributed by atoms with van der Waals surface area (Å²) in [6.07, 6.45) is 5.26. The molecule has 0 aliphatic rings. The largest absolute Gasteiger partial charge is 0.392 e. The predicted octanol–water partition coefficient (Wildman–Crippen LogP) is 0.919. The molecular formula is C11H14N4O. The van der Waals surface area contributed by atoms with Gasteiger partial charge in [0.05, 0.1) is 30.7 Å². The molecule has 0 spiro atoms. The molecule has 0 fully saturated rings. The fourth-order valence-electron chi connectivity index (χ4n) is 1.46. The second kappa shape index (κ2) is 4.76. The molecule has 0 saturated heterocycles. The van der Waals surface area contributed by atoms with Crippen molar-refractivity contribution in [3.8, 4) is 0 Å². The molecule has 0 amide bonds. The molecule has 0 atom stereocenters. The molecule has 2 rings (SSSR count). The van der Waals surface area contributed by atoms with E-state index in [0.717, 1.165) is 16.9 Å².